The van der Waals surface area contributed by atoms with Gasteiger partial charge in [0.2, 0.25) is 0 Å². The van der Waals surface area contributed by atoms with Crippen molar-refractivity contribution in [2.75, 3.05) is 13.1 Å². The zero-order chi connectivity index (χ0) is 16.1. The molecule has 0 radical (unpaired) electrons. The lowest BCUT2D eigenvalue weighted by atomic mass is 9.63. The largest absolute Gasteiger partial charge is 0.338 e. The molecular formula is C17H22N2O3. The van der Waals surface area contributed by atoms with Gasteiger partial charge in [-0.1, -0.05) is 20.8 Å². The van der Waals surface area contributed by atoms with Gasteiger partial charge in [0, 0.05) is 30.8 Å². The van der Waals surface area contributed by atoms with Crippen LogP contribution in [0.25, 0.3) is 0 Å². The molecule has 1 amide bonds. The highest BCUT2D eigenvalue weighted by atomic mass is 16.6. The highest BCUT2D eigenvalue weighted by molar-refractivity contribution is 5.94. The number of nitrogens with zero attached hydrogens (tertiary/aromatic N) is 2. The lowest BCUT2D eigenvalue weighted by Gasteiger charge is -2.50. The number of carbonyl (C=O) groups excluding carboxylic acids is 1. The molecule has 1 saturated carbocycles. The molecule has 2 unspecified atom stereocenters. The number of non-ortho nitro benzene ring substituents is 1. The molecule has 1 aromatic carbocycles. The first-order valence-corrected chi connectivity index (χ1v) is 7.78. The van der Waals surface area contributed by atoms with E-state index in [1.807, 2.05) is 4.90 Å². The van der Waals surface area contributed by atoms with E-state index in [9.17, 15) is 14.9 Å². The van der Waals surface area contributed by atoms with E-state index in [1.54, 1.807) is 12.1 Å². The van der Waals surface area contributed by atoms with Crippen LogP contribution in [0.5, 0.6) is 0 Å². The van der Waals surface area contributed by atoms with Gasteiger partial charge in [0.1, 0.15) is 0 Å². The van der Waals surface area contributed by atoms with Crippen LogP contribution in [-0.2, 0) is 0 Å². The van der Waals surface area contributed by atoms with E-state index >= 15 is 0 Å². The molecule has 0 aromatic heterocycles. The molecule has 2 aliphatic rings. The summed E-state index contributed by atoms with van der Waals surface area (Å²) < 4.78 is 0. The molecule has 22 heavy (non-hydrogen) atoms. The van der Waals surface area contributed by atoms with Crippen molar-refractivity contribution in [2.45, 2.75) is 33.6 Å². The summed E-state index contributed by atoms with van der Waals surface area (Å²) in [4.78, 5) is 24.9. The molecule has 0 spiro atoms. The van der Waals surface area contributed by atoms with Gasteiger partial charge >= 0.3 is 0 Å². The maximum Gasteiger partial charge on any atom is 0.269 e. The van der Waals surface area contributed by atoms with Crippen molar-refractivity contribution >= 4 is 11.6 Å². The highest BCUT2D eigenvalue weighted by Crippen LogP contribution is 2.59. The molecule has 1 aliphatic carbocycles. The third-order valence-electron chi connectivity index (χ3n) is 6.21. The second-order valence-corrected chi connectivity index (χ2v) is 7.51. The fourth-order valence-electron chi connectivity index (χ4n) is 4.09. The van der Waals surface area contributed by atoms with Crippen LogP contribution in [-0.4, -0.2) is 28.8 Å². The summed E-state index contributed by atoms with van der Waals surface area (Å²) in [5.41, 5.74) is 0.975. The molecular weight excluding hydrogens is 280 g/mol. The minimum atomic E-state index is -0.446. The predicted molar refractivity (Wildman–Crippen MR) is 83.6 cm³/mol. The van der Waals surface area contributed by atoms with E-state index in [0.29, 0.717) is 11.5 Å². The molecule has 5 heteroatoms. The Hall–Kier alpha value is -1.91. The van der Waals surface area contributed by atoms with Crippen LogP contribution in [0.4, 0.5) is 5.69 Å². The molecule has 1 aliphatic heterocycles. The van der Waals surface area contributed by atoms with E-state index in [0.717, 1.165) is 19.5 Å². The van der Waals surface area contributed by atoms with Gasteiger partial charge in [-0.05, 0) is 41.7 Å². The summed E-state index contributed by atoms with van der Waals surface area (Å²) in [6.45, 7) is 8.48. The van der Waals surface area contributed by atoms with Crippen LogP contribution in [0.2, 0.25) is 0 Å². The van der Waals surface area contributed by atoms with Crippen molar-refractivity contribution in [1.82, 2.24) is 4.90 Å². The van der Waals surface area contributed by atoms with E-state index in [1.165, 1.54) is 18.6 Å². The zero-order valence-electron chi connectivity index (χ0n) is 13.3. The Balaban J connectivity index is 1.81. The Morgan fingerprint density at radius 2 is 1.91 bits per heavy atom. The molecule has 3 rings (SSSR count). The molecule has 1 heterocycles. The predicted octanol–water partition coefficient (Wildman–Crippen LogP) is 3.49. The normalized spacial score (nSPS) is 29.4. The van der Waals surface area contributed by atoms with Gasteiger partial charge in [0.15, 0.2) is 0 Å². The SMILES string of the molecule is CC12CCC(CN(C(=O)c3ccc([N+](=O)[O-])cc3)C1)C2(C)C. The smallest absolute Gasteiger partial charge is 0.269 e. The third-order valence-corrected chi connectivity index (χ3v) is 6.21. The van der Waals surface area contributed by atoms with E-state index < -0.39 is 4.92 Å². The summed E-state index contributed by atoms with van der Waals surface area (Å²) in [7, 11) is 0. The topological polar surface area (TPSA) is 63.5 Å². The van der Waals surface area contributed by atoms with Crippen LogP contribution in [0, 0.1) is 26.9 Å². The van der Waals surface area contributed by atoms with E-state index in [2.05, 4.69) is 20.8 Å². The van der Waals surface area contributed by atoms with Gasteiger partial charge in [-0.15, -0.1) is 0 Å². The van der Waals surface area contributed by atoms with Gasteiger partial charge in [-0.25, -0.2) is 0 Å². The van der Waals surface area contributed by atoms with Gasteiger partial charge in [-0.2, -0.15) is 0 Å². The van der Waals surface area contributed by atoms with Crippen molar-refractivity contribution in [3.8, 4) is 0 Å². The summed E-state index contributed by atoms with van der Waals surface area (Å²) in [6.07, 6.45) is 2.34. The quantitative estimate of drug-likeness (QED) is 0.620. The number of likely N-dealkylation sites (tertiary alicyclic amines) is 1. The number of hydrogen-bond acceptors (Lipinski definition) is 3. The number of nitro groups is 1. The number of carbonyl (C=O) groups is 1. The average Bonchev–Trinajstić information content (AvgIpc) is 2.64. The van der Waals surface area contributed by atoms with Gasteiger partial charge in [-0.3, -0.25) is 14.9 Å². The molecule has 1 saturated heterocycles. The Morgan fingerprint density at radius 3 is 2.45 bits per heavy atom. The summed E-state index contributed by atoms with van der Waals surface area (Å²) >= 11 is 0. The van der Waals surface area contributed by atoms with E-state index in [-0.39, 0.29) is 22.4 Å². The average molecular weight is 302 g/mol. The van der Waals surface area contributed by atoms with Crippen LogP contribution >= 0.6 is 0 Å². The Kier molecular flexibility index (Phi) is 3.27. The maximum atomic E-state index is 12.7. The standard InChI is InChI=1S/C17H22N2O3/c1-16(2)13-8-9-17(16,3)11-18(10-13)15(20)12-4-6-14(7-5-12)19(21)22/h4-7,13H,8-11H2,1-3H3. The van der Waals surface area contributed by atoms with Crippen LogP contribution < -0.4 is 0 Å². The lowest BCUT2D eigenvalue weighted by molar-refractivity contribution is -0.384. The molecule has 118 valence electrons. The maximum absolute atomic E-state index is 12.7. The fourth-order valence-corrected chi connectivity index (χ4v) is 4.09. The molecule has 5 nitrogen and oxygen atoms in total. The monoisotopic (exact) mass is 302 g/mol. The van der Waals surface area contributed by atoms with Gasteiger partial charge < -0.3 is 4.90 Å². The molecule has 1 aromatic rings. The zero-order valence-corrected chi connectivity index (χ0v) is 13.3. The first-order chi connectivity index (χ1) is 10.2. The van der Waals surface area contributed by atoms with Crippen molar-refractivity contribution in [3.05, 3.63) is 39.9 Å². The number of fused-ring (bicyclic) bond motifs is 2. The van der Waals surface area contributed by atoms with Crippen molar-refractivity contribution in [2.24, 2.45) is 16.7 Å². The van der Waals surface area contributed by atoms with Crippen LogP contribution in [0.3, 0.4) is 0 Å². The molecule has 2 atom stereocenters. The fraction of sp³-hybridized carbons (Fsp3) is 0.588. The highest BCUT2D eigenvalue weighted by Gasteiger charge is 2.56. The third kappa shape index (κ3) is 2.11. The van der Waals surface area contributed by atoms with Gasteiger partial charge in [0.05, 0.1) is 4.92 Å². The number of benzene rings is 1. The summed E-state index contributed by atoms with van der Waals surface area (Å²) in [5.74, 6) is 0.525. The molecule has 2 fully saturated rings. The van der Waals surface area contributed by atoms with Crippen LogP contribution in [0.1, 0.15) is 44.0 Å². The lowest BCUT2D eigenvalue weighted by Crippen LogP contribution is -2.53. The van der Waals surface area contributed by atoms with Crippen LogP contribution in [0.15, 0.2) is 24.3 Å². The number of nitro benzene ring substituents is 1. The molecule has 2 bridgehead atoms. The second kappa shape index (κ2) is 4.80. The molecule has 0 N–H and O–H groups in total. The van der Waals surface area contributed by atoms with Crippen molar-refractivity contribution in [1.29, 1.82) is 0 Å². The summed E-state index contributed by atoms with van der Waals surface area (Å²) in [6, 6.07) is 5.92. The minimum absolute atomic E-state index is 0.0106. The van der Waals surface area contributed by atoms with E-state index in [4.69, 9.17) is 0 Å². The number of amides is 1. The van der Waals surface area contributed by atoms with Crippen molar-refractivity contribution < 1.29 is 9.72 Å². The summed E-state index contributed by atoms with van der Waals surface area (Å²) in [5, 5.41) is 10.7. The van der Waals surface area contributed by atoms with Crippen molar-refractivity contribution in [3.63, 3.8) is 0 Å². The second-order valence-electron chi connectivity index (χ2n) is 7.51. The first-order valence-electron chi connectivity index (χ1n) is 7.78. The van der Waals surface area contributed by atoms with Gasteiger partial charge in [0.25, 0.3) is 11.6 Å². The minimum Gasteiger partial charge on any atom is -0.338 e. The Bertz CT molecular complexity index is 623. The number of rotatable bonds is 2. The number of piperidine rings is 1. The Labute approximate surface area is 130 Å². The first kappa shape index (κ1) is 15.0. The number of hydrogen-bond donors (Lipinski definition) is 0. The Morgan fingerprint density at radius 1 is 1.27 bits per heavy atom.